The molecule has 6 bridgehead atoms. The predicted molar refractivity (Wildman–Crippen MR) is 126 cm³/mol. The van der Waals surface area contributed by atoms with Gasteiger partial charge in [0.15, 0.2) is 0 Å². The summed E-state index contributed by atoms with van der Waals surface area (Å²) in [7, 11) is 1.92. The average molecular weight is 453 g/mol. The third-order valence-corrected chi connectivity index (χ3v) is 5.11. The van der Waals surface area contributed by atoms with Crippen LogP contribution in [0.4, 0.5) is 23.1 Å². The number of nitrogens with one attached hydrogen (secondary N) is 3. The maximum absolute atomic E-state index is 12.2. The van der Waals surface area contributed by atoms with E-state index in [-0.39, 0.29) is 5.91 Å². The largest absolute Gasteiger partial charge is 0.492 e. The second-order valence-electron chi connectivity index (χ2n) is 7.59. The molecule has 2 aliphatic heterocycles. The molecule has 0 saturated heterocycles. The molecule has 166 valence electrons. The molecule has 0 saturated carbocycles. The zero-order valence-electron chi connectivity index (χ0n) is 17.8. The number of nitrogens with zero attached hydrogens (tertiary/aromatic N) is 3. The topological polar surface area (TPSA) is 91.4 Å². The van der Waals surface area contributed by atoms with Gasteiger partial charge in [0, 0.05) is 30.7 Å². The molecule has 1 aromatic heterocycles. The minimum Gasteiger partial charge on any atom is -0.492 e. The first kappa shape index (κ1) is 21.9. The Morgan fingerprint density at radius 1 is 1.06 bits per heavy atom. The Hall–Kier alpha value is -3.36. The van der Waals surface area contributed by atoms with Gasteiger partial charge in [0.05, 0.1) is 18.2 Å². The fourth-order valence-electron chi connectivity index (χ4n) is 3.36. The highest BCUT2D eigenvalue weighted by atomic mass is 35.5. The molecule has 0 aliphatic carbocycles. The van der Waals surface area contributed by atoms with Crippen LogP contribution in [0.3, 0.4) is 0 Å². The molecule has 1 amide bonds. The van der Waals surface area contributed by atoms with Gasteiger partial charge in [-0.25, -0.2) is 4.98 Å². The number of hydrogen-bond acceptors (Lipinski definition) is 7. The van der Waals surface area contributed by atoms with Crippen molar-refractivity contribution in [1.29, 1.82) is 0 Å². The number of aromatic nitrogens is 2. The fourth-order valence-corrected chi connectivity index (χ4v) is 3.59. The fraction of sp³-hybridized carbons (Fsp3) is 0.261. The Kier molecular flexibility index (Phi) is 7.03. The van der Waals surface area contributed by atoms with E-state index < -0.39 is 0 Å². The van der Waals surface area contributed by atoms with Gasteiger partial charge in [-0.15, -0.1) is 0 Å². The number of carbonyl (C=O) groups excluding carboxylic acids is 1. The second-order valence-corrected chi connectivity index (χ2v) is 7.99. The lowest BCUT2D eigenvalue weighted by Crippen LogP contribution is -2.35. The number of ether oxygens (including phenoxy) is 1. The lowest BCUT2D eigenvalue weighted by atomic mass is 10.2. The molecule has 3 heterocycles. The molecule has 3 aromatic rings. The SMILES string of the molecule is CN1CC(=O)NCCCOc2ccc(cc2Cl)Nc2nccc(n2)Nc2cccc(c2)C1. The maximum Gasteiger partial charge on any atom is 0.234 e. The molecular formula is C23H25ClN6O2. The number of likely N-dealkylation sites (N-methyl/N-ethyl adjacent to an activating group) is 1. The molecule has 0 atom stereocenters. The summed E-state index contributed by atoms with van der Waals surface area (Å²) in [5, 5.41) is 9.89. The Bertz CT molecular complexity index is 1090. The van der Waals surface area contributed by atoms with Gasteiger partial charge in [0.25, 0.3) is 0 Å². The summed E-state index contributed by atoms with van der Waals surface area (Å²) in [4.78, 5) is 23.0. The van der Waals surface area contributed by atoms with Crippen molar-refractivity contribution in [2.75, 3.05) is 37.4 Å². The molecule has 3 N–H and O–H groups in total. The van der Waals surface area contributed by atoms with Crippen molar-refractivity contribution in [3.05, 3.63) is 65.3 Å². The van der Waals surface area contributed by atoms with E-state index in [2.05, 4.69) is 25.9 Å². The van der Waals surface area contributed by atoms with Crippen LogP contribution >= 0.6 is 11.6 Å². The van der Waals surface area contributed by atoms with Crippen LogP contribution in [0.1, 0.15) is 12.0 Å². The van der Waals surface area contributed by atoms with Crippen molar-refractivity contribution in [3.63, 3.8) is 0 Å². The van der Waals surface area contributed by atoms with Crippen LogP contribution in [0, 0.1) is 0 Å². The summed E-state index contributed by atoms with van der Waals surface area (Å²) in [5.41, 5.74) is 2.75. The maximum atomic E-state index is 12.2. The lowest BCUT2D eigenvalue weighted by Gasteiger charge is -2.17. The van der Waals surface area contributed by atoms with E-state index in [1.54, 1.807) is 24.4 Å². The quantitative estimate of drug-likeness (QED) is 0.475. The summed E-state index contributed by atoms with van der Waals surface area (Å²) >= 11 is 6.37. The van der Waals surface area contributed by atoms with E-state index in [1.807, 2.05) is 42.3 Å². The summed E-state index contributed by atoms with van der Waals surface area (Å²) in [6, 6.07) is 15.2. The minimum atomic E-state index is -0.0188. The van der Waals surface area contributed by atoms with E-state index in [0.717, 1.165) is 16.9 Å². The number of carbonyl (C=O) groups is 1. The van der Waals surface area contributed by atoms with Gasteiger partial charge in [-0.1, -0.05) is 23.7 Å². The summed E-state index contributed by atoms with van der Waals surface area (Å²) in [6.07, 6.45) is 2.36. The van der Waals surface area contributed by atoms with Gasteiger partial charge in [0.2, 0.25) is 11.9 Å². The molecule has 0 radical (unpaired) electrons. The highest BCUT2D eigenvalue weighted by molar-refractivity contribution is 6.32. The molecule has 32 heavy (non-hydrogen) atoms. The number of halogens is 1. The summed E-state index contributed by atoms with van der Waals surface area (Å²) in [5.74, 6) is 1.68. The monoisotopic (exact) mass is 452 g/mol. The average Bonchev–Trinajstić information content (AvgIpc) is 2.75. The minimum absolute atomic E-state index is 0.0188. The van der Waals surface area contributed by atoms with Crippen molar-refractivity contribution in [2.45, 2.75) is 13.0 Å². The Morgan fingerprint density at radius 3 is 2.81 bits per heavy atom. The van der Waals surface area contributed by atoms with Crippen LogP contribution in [0.5, 0.6) is 5.75 Å². The van der Waals surface area contributed by atoms with E-state index in [4.69, 9.17) is 16.3 Å². The first-order valence-corrected chi connectivity index (χ1v) is 10.8. The van der Waals surface area contributed by atoms with Crippen LogP contribution in [-0.2, 0) is 11.3 Å². The number of anilines is 4. The normalized spacial score (nSPS) is 15.5. The van der Waals surface area contributed by atoms with Crippen molar-refractivity contribution < 1.29 is 9.53 Å². The van der Waals surface area contributed by atoms with Crippen molar-refractivity contribution in [2.24, 2.45) is 0 Å². The highest BCUT2D eigenvalue weighted by Crippen LogP contribution is 2.29. The number of benzene rings is 2. The number of amides is 1. The molecule has 0 unspecified atom stereocenters. The Labute approximate surface area is 192 Å². The van der Waals surface area contributed by atoms with Crippen LogP contribution in [0.15, 0.2) is 54.7 Å². The molecule has 5 rings (SSSR count). The smallest absolute Gasteiger partial charge is 0.234 e. The zero-order valence-corrected chi connectivity index (χ0v) is 18.5. The standard InChI is InChI=1S/C23H25ClN6O2/c1-30-14-16-4-2-5-17(12-16)27-21-8-10-26-23(29-21)28-18-6-7-20(19(24)13-18)32-11-3-9-25-22(31)15-30/h2,4-8,10,12-13H,3,9,11,14-15H2,1H3,(H,25,31)(H2,26,27,28,29). The predicted octanol–water partition coefficient (Wildman–Crippen LogP) is 3.95. The summed E-state index contributed by atoms with van der Waals surface area (Å²) < 4.78 is 5.75. The van der Waals surface area contributed by atoms with Gasteiger partial charge in [-0.3, -0.25) is 9.69 Å². The van der Waals surface area contributed by atoms with Gasteiger partial charge < -0.3 is 20.7 Å². The molecule has 2 aromatic carbocycles. The van der Waals surface area contributed by atoms with Crippen LogP contribution in [-0.4, -0.2) is 47.5 Å². The highest BCUT2D eigenvalue weighted by Gasteiger charge is 2.09. The first-order valence-electron chi connectivity index (χ1n) is 10.4. The Balaban J connectivity index is 1.58. The zero-order chi connectivity index (χ0) is 22.3. The van der Waals surface area contributed by atoms with Crippen molar-refractivity contribution >= 4 is 40.6 Å². The van der Waals surface area contributed by atoms with Gasteiger partial charge in [0.1, 0.15) is 11.6 Å². The molecule has 2 aliphatic rings. The van der Waals surface area contributed by atoms with Crippen molar-refractivity contribution in [3.8, 4) is 5.75 Å². The van der Waals surface area contributed by atoms with Crippen LogP contribution in [0.25, 0.3) is 0 Å². The number of hydrogen-bond donors (Lipinski definition) is 3. The second kappa shape index (κ2) is 10.3. The first-order chi connectivity index (χ1) is 15.5. The molecule has 0 fully saturated rings. The van der Waals surface area contributed by atoms with E-state index >= 15 is 0 Å². The number of fused-ring (bicyclic) bond motifs is 10. The van der Waals surface area contributed by atoms with E-state index in [1.165, 1.54) is 0 Å². The van der Waals surface area contributed by atoms with Gasteiger partial charge >= 0.3 is 0 Å². The van der Waals surface area contributed by atoms with Crippen molar-refractivity contribution in [1.82, 2.24) is 20.2 Å². The molecule has 9 heteroatoms. The van der Waals surface area contributed by atoms with E-state index in [0.29, 0.717) is 55.2 Å². The molecule has 0 spiro atoms. The lowest BCUT2D eigenvalue weighted by molar-refractivity contribution is -0.122. The number of rotatable bonds is 0. The third kappa shape index (κ3) is 6.09. The van der Waals surface area contributed by atoms with Crippen LogP contribution in [0.2, 0.25) is 5.02 Å². The molecular weight excluding hydrogens is 428 g/mol. The van der Waals surface area contributed by atoms with Gasteiger partial charge in [-0.05, 0) is 55.4 Å². The summed E-state index contributed by atoms with van der Waals surface area (Å²) in [6.45, 7) is 1.95. The van der Waals surface area contributed by atoms with Gasteiger partial charge in [-0.2, -0.15) is 4.98 Å². The molecule has 8 nitrogen and oxygen atoms in total. The third-order valence-electron chi connectivity index (χ3n) is 4.81. The van der Waals surface area contributed by atoms with Crippen LogP contribution < -0.4 is 20.7 Å². The van der Waals surface area contributed by atoms with E-state index in [9.17, 15) is 4.79 Å². The Morgan fingerprint density at radius 2 is 1.94 bits per heavy atom.